The first-order valence-electron chi connectivity index (χ1n) is 4.85. The van der Waals surface area contributed by atoms with E-state index in [1.807, 2.05) is 0 Å². The summed E-state index contributed by atoms with van der Waals surface area (Å²) in [6, 6.07) is 0. The second kappa shape index (κ2) is 3.36. The van der Waals surface area contributed by atoms with Gasteiger partial charge in [0.1, 0.15) is 25.0 Å². The molecule has 0 aromatic heterocycles. The van der Waals surface area contributed by atoms with Crippen molar-refractivity contribution >= 4 is 0 Å². The zero-order chi connectivity index (χ0) is 11.3. The molecular weight excluding hydrogens is 207 g/mol. The highest BCUT2D eigenvalue weighted by Crippen LogP contribution is 2.45. The summed E-state index contributed by atoms with van der Waals surface area (Å²) >= 11 is 0. The molecular formula is C9H15FO5. The van der Waals surface area contributed by atoms with E-state index in [1.54, 1.807) is 13.8 Å². The van der Waals surface area contributed by atoms with Gasteiger partial charge in [-0.2, -0.15) is 0 Å². The number of ether oxygens (including phenoxy) is 3. The van der Waals surface area contributed by atoms with Crippen molar-refractivity contribution in [1.29, 1.82) is 0 Å². The van der Waals surface area contributed by atoms with Crippen molar-refractivity contribution in [3.8, 4) is 0 Å². The van der Waals surface area contributed by atoms with Crippen LogP contribution in [0.5, 0.6) is 0 Å². The van der Waals surface area contributed by atoms with Gasteiger partial charge in [-0.15, -0.1) is 0 Å². The van der Waals surface area contributed by atoms with Gasteiger partial charge in [0.05, 0.1) is 6.61 Å². The van der Waals surface area contributed by atoms with Crippen LogP contribution in [0.3, 0.4) is 0 Å². The van der Waals surface area contributed by atoms with E-state index in [-0.39, 0.29) is 0 Å². The van der Waals surface area contributed by atoms with E-state index >= 15 is 0 Å². The highest BCUT2D eigenvalue weighted by atomic mass is 19.1. The zero-order valence-electron chi connectivity index (χ0n) is 8.64. The Morgan fingerprint density at radius 1 is 1.33 bits per heavy atom. The second-order valence-corrected chi connectivity index (χ2v) is 4.32. The third-order valence-corrected chi connectivity index (χ3v) is 2.67. The lowest BCUT2D eigenvalue weighted by atomic mass is 10.1. The number of aliphatic hydroxyl groups is 2. The molecule has 0 aromatic carbocycles. The predicted octanol–water partition coefficient (Wildman–Crippen LogP) is -0.444. The first-order chi connectivity index (χ1) is 6.94. The normalized spacial score (nSPS) is 48.2. The summed E-state index contributed by atoms with van der Waals surface area (Å²) < 4.78 is 28.8. The lowest BCUT2D eigenvalue weighted by Gasteiger charge is -2.25. The molecule has 2 saturated heterocycles. The summed E-state index contributed by atoms with van der Waals surface area (Å²) in [5.74, 6) is -2.56. The topological polar surface area (TPSA) is 68.2 Å². The Morgan fingerprint density at radius 2 is 2.00 bits per heavy atom. The Bertz CT molecular complexity index is 259. The Kier molecular flexibility index (Phi) is 2.51. The van der Waals surface area contributed by atoms with Crippen molar-refractivity contribution in [2.24, 2.45) is 0 Å². The SMILES string of the molecule is CC1(C)O[C@H]2[C@H](O)[C@H](CO)O[C@@]2(CF)O1. The van der Waals surface area contributed by atoms with Gasteiger partial charge in [0.2, 0.25) is 5.79 Å². The standard InChI is InChI=1S/C9H15FO5/c1-8(2)14-7-6(12)5(3-11)13-9(7,4-10)15-8/h5-7,11-12H,3-4H2,1-2H3/t5-,6+,7-,9-/m0/s1. The lowest BCUT2D eigenvalue weighted by Crippen LogP contribution is -2.42. The van der Waals surface area contributed by atoms with Crippen molar-refractivity contribution in [2.75, 3.05) is 13.3 Å². The summed E-state index contributed by atoms with van der Waals surface area (Å²) in [5.41, 5.74) is 0. The van der Waals surface area contributed by atoms with Crippen LogP contribution < -0.4 is 0 Å². The molecule has 15 heavy (non-hydrogen) atoms. The summed E-state index contributed by atoms with van der Waals surface area (Å²) in [6.45, 7) is 1.92. The zero-order valence-corrected chi connectivity index (χ0v) is 8.64. The smallest absolute Gasteiger partial charge is 0.229 e. The Labute approximate surface area is 86.7 Å². The Morgan fingerprint density at radius 3 is 2.47 bits per heavy atom. The number of aliphatic hydroxyl groups excluding tert-OH is 2. The lowest BCUT2D eigenvalue weighted by molar-refractivity contribution is -0.270. The van der Waals surface area contributed by atoms with Gasteiger partial charge in [-0.05, 0) is 13.8 Å². The molecule has 6 heteroatoms. The number of alkyl halides is 1. The van der Waals surface area contributed by atoms with E-state index in [0.29, 0.717) is 0 Å². The second-order valence-electron chi connectivity index (χ2n) is 4.32. The minimum Gasteiger partial charge on any atom is -0.394 e. The average Bonchev–Trinajstić information content (AvgIpc) is 2.58. The van der Waals surface area contributed by atoms with E-state index in [2.05, 4.69) is 0 Å². The molecule has 2 rings (SSSR count). The van der Waals surface area contributed by atoms with Gasteiger partial charge < -0.3 is 24.4 Å². The molecule has 4 atom stereocenters. The number of fused-ring (bicyclic) bond motifs is 1. The highest BCUT2D eigenvalue weighted by molar-refractivity contribution is 5.02. The van der Waals surface area contributed by atoms with Crippen molar-refractivity contribution in [2.45, 2.75) is 43.7 Å². The maximum absolute atomic E-state index is 12.9. The van der Waals surface area contributed by atoms with Crippen LogP contribution in [-0.4, -0.2) is 53.4 Å². The van der Waals surface area contributed by atoms with Crippen LogP contribution in [0, 0.1) is 0 Å². The van der Waals surface area contributed by atoms with Crippen molar-refractivity contribution < 1.29 is 28.8 Å². The van der Waals surface area contributed by atoms with Gasteiger partial charge >= 0.3 is 0 Å². The van der Waals surface area contributed by atoms with E-state index in [4.69, 9.17) is 19.3 Å². The molecule has 0 aliphatic carbocycles. The van der Waals surface area contributed by atoms with E-state index in [1.165, 1.54) is 0 Å². The van der Waals surface area contributed by atoms with Crippen LogP contribution >= 0.6 is 0 Å². The third kappa shape index (κ3) is 1.57. The molecule has 2 N–H and O–H groups in total. The average molecular weight is 222 g/mol. The van der Waals surface area contributed by atoms with Gasteiger partial charge in [0.25, 0.3) is 0 Å². The molecule has 5 nitrogen and oxygen atoms in total. The van der Waals surface area contributed by atoms with Crippen molar-refractivity contribution in [3.05, 3.63) is 0 Å². The third-order valence-electron chi connectivity index (χ3n) is 2.67. The molecule has 88 valence electrons. The first kappa shape index (κ1) is 11.2. The van der Waals surface area contributed by atoms with Gasteiger partial charge in [-0.1, -0.05) is 0 Å². The molecule has 0 radical (unpaired) electrons. The van der Waals surface area contributed by atoms with Gasteiger partial charge in [0, 0.05) is 0 Å². The van der Waals surface area contributed by atoms with Crippen LogP contribution in [0.1, 0.15) is 13.8 Å². The van der Waals surface area contributed by atoms with E-state index in [9.17, 15) is 9.50 Å². The summed E-state index contributed by atoms with van der Waals surface area (Å²) in [4.78, 5) is 0. The first-order valence-corrected chi connectivity index (χ1v) is 4.85. The molecule has 0 aromatic rings. The minimum atomic E-state index is -1.57. The van der Waals surface area contributed by atoms with Crippen LogP contribution in [0.25, 0.3) is 0 Å². The number of hydrogen-bond donors (Lipinski definition) is 2. The van der Waals surface area contributed by atoms with E-state index < -0.39 is 43.2 Å². The summed E-state index contributed by atoms with van der Waals surface area (Å²) in [5, 5.41) is 18.6. The van der Waals surface area contributed by atoms with Crippen molar-refractivity contribution in [1.82, 2.24) is 0 Å². The van der Waals surface area contributed by atoms with Crippen LogP contribution in [-0.2, 0) is 14.2 Å². The molecule has 0 unspecified atom stereocenters. The number of halogens is 1. The fourth-order valence-electron chi connectivity index (χ4n) is 2.12. The molecule has 2 aliphatic rings. The van der Waals surface area contributed by atoms with Crippen molar-refractivity contribution in [3.63, 3.8) is 0 Å². The van der Waals surface area contributed by atoms with Gasteiger partial charge in [-0.3, -0.25) is 0 Å². The van der Waals surface area contributed by atoms with Crippen LogP contribution in [0.4, 0.5) is 4.39 Å². The molecule has 2 fully saturated rings. The quantitative estimate of drug-likeness (QED) is 0.662. The maximum Gasteiger partial charge on any atom is 0.229 e. The Balaban J connectivity index is 2.24. The minimum absolute atomic E-state index is 0.396. The molecule has 0 amide bonds. The molecule has 0 bridgehead atoms. The predicted molar refractivity (Wildman–Crippen MR) is 46.7 cm³/mol. The van der Waals surface area contributed by atoms with E-state index in [0.717, 1.165) is 0 Å². The van der Waals surface area contributed by atoms with Gasteiger partial charge in [-0.25, -0.2) is 4.39 Å². The monoisotopic (exact) mass is 222 g/mol. The number of rotatable bonds is 2. The Hall–Kier alpha value is -0.270. The highest BCUT2D eigenvalue weighted by Gasteiger charge is 2.64. The fraction of sp³-hybridized carbons (Fsp3) is 1.00. The maximum atomic E-state index is 12.9. The summed E-state index contributed by atoms with van der Waals surface area (Å²) in [7, 11) is 0. The fourth-order valence-corrected chi connectivity index (χ4v) is 2.12. The van der Waals surface area contributed by atoms with Crippen LogP contribution in [0.15, 0.2) is 0 Å². The molecule has 2 heterocycles. The van der Waals surface area contributed by atoms with Gasteiger partial charge in [0.15, 0.2) is 5.79 Å². The largest absolute Gasteiger partial charge is 0.394 e. The number of hydrogen-bond acceptors (Lipinski definition) is 5. The molecule has 0 spiro atoms. The van der Waals surface area contributed by atoms with Crippen LogP contribution in [0.2, 0.25) is 0 Å². The molecule has 0 saturated carbocycles. The summed E-state index contributed by atoms with van der Waals surface area (Å²) in [6.07, 6.45) is -2.83. The molecule has 2 aliphatic heterocycles.